The molecular weight excluding hydrogens is 295 g/mol. The minimum atomic E-state index is -0.195. The first-order chi connectivity index (χ1) is 11.2. The topological polar surface area (TPSA) is 37.1 Å². The zero-order chi connectivity index (χ0) is 16.2. The molecule has 1 heterocycles. The van der Waals surface area contributed by atoms with Gasteiger partial charge in [0.15, 0.2) is 11.5 Å². The fourth-order valence-corrected chi connectivity index (χ4v) is 3.03. The number of rotatable bonds is 4. The molecule has 3 rings (SSSR count). The first-order valence-corrected chi connectivity index (χ1v) is 7.85. The van der Waals surface area contributed by atoms with Crippen LogP contribution in [0.5, 0.6) is 11.5 Å². The van der Waals surface area contributed by atoms with Gasteiger partial charge in [0.1, 0.15) is 12.4 Å². The van der Waals surface area contributed by atoms with Crippen LogP contribution in [-0.2, 0) is 6.54 Å². The third-order valence-electron chi connectivity index (χ3n) is 4.36. The van der Waals surface area contributed by atoms with Gasteiger partial charge in [-0.2, -0.15) is 0 Å². The summed E-state index contributed by atoms with van der Waals surface area (Å²) in [6.07, 6.45) is 0. The summed E-state index contributed by atoms with van der Waals surface area (Å²) in [6.45, 7) is 4.88. The van der Waals surface area contributed by atoms with E-state index in [2.05, 4.69) is 4.90 Å². The molecule has 122 valence electrons. The van der Waals surface area contributed by atoms with E-state index in [1.165, 1.54) is 17.0 Å². The molecule has 0 spiro atoms. The van der Waals surface area contributed by atoms with E-state index in [0.29, 0.717) is 5.75 Å². The molecule has 0 amide bonds. The molecule has 4 nitrogen and oxygen atoms in total. The van der Waals surface area contributed by atoms with Gasteiger partial charge >= 0.3 is 0 Å². The number of nitrogens with zero attached hydrogens (tertiary/aromatic N) is 1. The van der Waals surface area contributed by atoms with E-state index in [9.17, 15) is 9.50 Å². The average molecular weight is 317 g/mol. The average Bonchev–Trinajstić information content (AvgIpc) is 2.58. The number of phenolic OH excluding ortho intramolecular Hbond substituents is 1. The molecule has 0 saturated carbocycles. The van der Waals surface area contributed by atoms with Crippen molar-refractivity contribution in [3.05, 3.63) is 53.8 Å². The summed E-state index contributed by atoms with van der Waals surface area (Å²) in [5.74, 6) is 0.499. The summed E-state index contributed by atoms with van der Waals surface area (Å²) in [5, 5.41) is 9.66. The summed E-state index contributed by atoms with van der Waals surface area (Å²) in [7, 11) is 1.56. The molecule has 0 atom stereocenters. The molecule has 0 radical (unpaired) electrons. The quantitative estimate of drug-likeness (QED) is 0.896. The van der Waals surface area contributed by atoms with E-state index in [4.69, 9.17) is 4.74 Å². The number of hydrogen-bond donors (Lipinski definition) is 2. The lowest BCUT2D eigenvalue weighted by Crippen LogP contribution is -3.13. The number of phenols is 1. The molecule has 0 unspecified atom stereocenters. The highest BCUT2D eigenvalue weighted by Gasteiger charge is 2.20. The minimum absolute atomic E-state index is 0.173. The highest BCUT2D eigenvalue weighted by Crippen LogP contribution is 2.25. The number of hydrogen-bond acceptors (Lipinski definition) is 3. The fraction of sp³-hybridized carbons (Fsp3) is 0.333. The van der Waals surface area contributed by atoms with Crippen LogP contribution >= 0.6 is 0 Å². The fourth-order valence-electron chi connectivity index (χ4n) is 3.03. The first-order valence-electron chi connectivity index (χ1n) is 7.85. The van der Waals surface area contributed by atoms with E-state index in [1.807, 2.05) is 24.3 Å². The maximum atomic E-state index is 13.0. The Morgan fingerprint density at radius 2 is 1.83 bits per heavy atom. The van der Waals surface area contributed by atoms with Crippen LogP contribution in [0.3, 0.4) is 0 Å². The molecule has 1 saturated heterocycles. The zero-order valence-electron chi connectivity index (χ0n) is 13.3. The van der Waals surface area contributed by atoms with Gasteiger partial charge in [0.25, 0.3) is 0 Å². The van der Waals surface area contributed by atoms with Gasteiger partial charge in [-0.25, -0.2) is 4.39 Å². The van der Waals surface area contributed by atoms with Crippen LogP contribution in [0.15, 0.2) is 42.5 Å². The van der Waals surface area contributed by atoms with E-state index >= 15 is 0 Å². The van der Waals surface area contributed by atoms with Gasteiger partial charge in [-0.3, -0.25) is 0 Å². The summed E-state index contributed by atoms with van der Waals surface area (Å²) in [5.41, 5.74) is 2.24. The third kappa shape index (κ3) is 3.74. The number of ether oxygens (including phenoxy) is 1. The van der Waals surface area contributed by atoms with Crippen molar-refractivity contribution in [2.45, 2.75) is 6.54 Å². The Morgan fingerprint density at radius 1 is 1.13 bits per heavy atom. The van der Waals surface area contributed by atoms with Gasteiger partial charge in [-0.15, -0.1) is 0 Å². The van der Waals surface area contributed by atoms with Crippen LogP contribution in [-0.4, -0.2) is 38.4 Å². The SMILES string of the molecule is COc1cc(C[NH+]2CCN(c3ccc(F)cc3)CC2)ccc1O. The van der Waals surface area contributed by atoms with E-state index in [1.54, 1.807) is 13.2 Å². The van der Waals surface area contributed by atoms with Gasteiger partial charge in [-0.1, -0.05) is 0 Å². The Kier molecular flexibility index (Phi) is 4.67. The molecule has 1 aliphatic heterocycles. The van der Waals surface area contributed by atoms with E-state index in [-0.39, 0.29) is 11.6 Å². The number of benzene rings is 2. The smallest absolute Gasteiger partial charge is 0.160 e. The highest BCUT2D eigenvalue weighted by atomic mass is 19.1. The second-order valence-electron chi connectivity index (χ2n) is 5.90. The predicted octanol–water partition coefficient (Wildman–Crippen LogP) is 1.44. The Morgan fingerprint density at radius 3 is 2.48 bits per heavy atom. The second-order valence-corrected chi connectivity index (χ2v) is 5.90. The summed E-state index contributed by atoms with van der Waals surface area (Å²) >= 11 is 0. The van der Waals surface area contributed by atoms with Gasteiger partial charge in [-0.05, 0) is 42.5 Å². The number of piperazine rings is 1. The lowest BCUT2D eigenvalue weighted by molar-refractivity contribution is -0.914. The number of methoxy groups -OCH3 is 1. The number of quaternary nitrogens is 1. The van der Waals surface area contributed by atoms with Crippen molar-refractivity contribution in [2.24, 2.45) is 0 Å². The van der Waals surface area contributed by atoms with Gasteiger partial charge in [0.05, 0.1) is 33.3 Å². The van der Waals surface area contributed by atoms with Crippen molar-refractivity contribution in [2.75, 3.05) is 38.2 Å². The van der Waals surface area contributed by atoms with Crippen LogP contribution < -0.4 is 14.5 Å². The van der Waals surface area contributed by atoms with Crippen molar-refractivity contribution < 1.29 is 19.1 Å². The van der Waals surface area contributed by atoms with Crippen molar-refractivity contribution in [3.8, 4) is 11.5 Å². The molecule has 0 bridgehead atoms. The molecule has 2 aromatic rings. The van der Waals surface area contributed by atoms with Crippen LogP contribution in [0, 0.1) is 5.82 Å². The van der Waals surface area contributed by atoms with Crippen molar-refractivity contribution >= 4 is 5.69 Å². The molecule has 2 N–H and O–H groups in total. The lowest BCUT2D eigenvalue weighted by atomic mass is 10.1. The Labute approximate surface area is 135 Å². The molecule has 1 aliphatic rings. The van der Waals surface area contributed by atoms with Crippen molar-refractivity contribution in [1.82, 2.24) is 0 Å². The lowest BCUT2D eigenvalue weighted by Gasteiger charge is -2.33. The van der Waals surface area contributed by atoms with Gasteiger partial charge < -0.3 is 19.6 Å². The Balaban J connectivity index is 1.58. The first kappa shape index (κ1) is 15.6. The molecular formula is C18H22FN2O2+. The maximum Gasteiger partial charge on any atom is 0.160 e. The van der Waals surface area contributed by atoms with Crippen LogP contribution in [0.1, 0.15) is 5.56 Å². The van der Waals surface area contributed by atoms with Crippen LogP contribution in [0.4, 0.5) is 10.1 Å². The monoisotopic (exact) mass is 317 g/mol. The molecule has 1 fully saturated rings. The number of halogens is 1. The minimum Gasteiger partial charge on any atom is -0.504 e. The summed E-state index contributed by atoms with van der Waals surface area (Å²) < 4.78 is 18.2. The van der Waals surface area contributed by atoms with Crippen LogP contribution in [0.2, 0.25) is 0 Å². The number of anilines is 1. The van der Waals surface area contributed by atoms with Crippen molar-refractivity contribution in [3.63, 3.8) is 0 Å². The van der Waals surface area contributed by atoms with Crippen molar-refractivity contribution in [1.29, 1.82) is 0 Å². The summed E-state index contributed by atoms with van der Waals surface area (Å²) in [4.78, 5) is 3.79. The summed E-state index contributed by atoms with van der Waals surface area (Å²) in [6, 6.07) is 12.2. The normalized spacial score (nSPS) is 15.7. The van der Waals surface area contributed by atoms with Gasteiger partial charge in [0.2, 0.25) is 0 Å². The zero-order valence-corrected chi connectivity index (χ0v) is 13.3. The molecule has 2 aromatic carbocycles. The molecule has 0 aliphatic carbocycles. The van der Waals surface area contributed by atoms with Crippen LogP contribution in [0.25, 0.3) is 0 Å². The number of nitrogens with one attached hydrogen (secondary N) is 1. The molecule has 23 heavy (non-hydrogen) atoms. The largest absolute Gasteiger partial charge is 0.504 e. The van der Waals surface area contributed by atoms with E-state index < -0.39 is 0 Å². The maximum absolute atomic E-state index is 13.0. The Bertz CT molecular complexity index is 653. The van der Waals surface area contributed by atoms with Gasteiger partial charge in [0, 0.05) is 11.3 Å². The highest BCUT2D eigenvalue weighted by molar-refractivity contribution is 5.46. The molecule has 0 aromatic heterocycles. The van der Waals surface area contributed by atoms with E-state index in [0.717, 1.165) is 44.0 Å². The Hall–Kier alpha value is -2.27. The predicted molar refractivity (Wildman–Crippen MR) is 87.7 cm³/mol. The second kappa shape index (κ2) is 6.87. The molecule has 5 heteroatoms. The number of aromatic hydroxyl groups is 1. The third-order valence-corrected chi connectivity index (χ3v) is 4.36. The standard InChI is InChI=1S/C18H21FN2O2/c1-23-18-12-14(2-7-17(18)22)13-20-8-10-21(11-9-20)16-5-3-15(19)4-6-16/h2-7,12,22H,8-11,13H2,1H3/p+1.